The van der Waals surface area contributed by atoms with Crippen molar-refractivity contribution in [2.45, 2.75) is 19.6 Å². The maximum Gasteiger partial charge on any atom is 0.128 e. The molecular formula is C15H17BrN2O. The highest BCUT2D eigenvalue weighted by Gasteiger charge is 2.08. The van der Waals surface area contributed by atoms with Gasteiger partial charge in [-0.05, 0) is 36.2 Å². The zero-order valence-corrected chi connectivity index (χ0v) is 12.6. The first-order chi connectivity index (χ1) is 9.08. The highest BCUT2D eigenvalue weighted by atomic mass is 79.9. The van der Waals surface area contributed by atoms with Crippen molar-refractivity contribution in [3.63, 3.8) is 0 Å². The fraction of sp³-hybridized carbons (Fsp3) is 0.267. The number of hydrogen-bond donors (Lipinski definition) is 1. The van der Waals surface area contributed by atoms with Gasteiger partial charge in [0.05, 0.1) is 6.10 Å². The zero-order chi connectivity index (χ0) is 13.8. The van der Waals surface area contributed by atoms with Crippen LogP contribution in [0.15, 0.2) is 47.1 Å². The maximum absolute atomic E-state index is 9.61. The molecule has 1 heterocycles. The van der Waals surface area contributed by atoms with Crippen LogP contribution in [0.4, 0.5) is 5.82 Å². The van der Waals surface area contributed by atoms with E-state index in [1.54, 1.807) is 13.1 Å². The smallest absolute Gasteiger partial charge is 0.128 e. The van der Waals surface area contributed by atoms with E-state index in [0.717, 1.165) is 22.4 Å². The molecule has 2 rings (SSSR count). The quantitative estimate of drug-likeness (QED) is 0.936. The second-order valence-electron chi connectivity index (χ2n) is 4.57. The molecule has 0 unspecified atom stereocenters. The van der Waals surface area contributed by atoms with Gasteiger partial charge in [0.25, 0.3) is 0 Å². The number of hydrogen-bond acceptors (Lipinski definition) is 3. The minimum absolute atomic E-state index is 0.474. The number of aliphatic hydroxyl groups excluding tert-OH is 1. The van der Waals surface area contributed by atoms with Crippen molar-refractivity contribution in [2.24, 2.45) is 0 Å². The first kappa shape index (κ1) is 14.0. The van der Waals surface area contributed by atoms with Crippen molar-refractivity contribution in [3.8, 4) is 0 Å². The third kappa shape index (κ3) is 3.55. The van der Waals surface area contributed by atoms with Crippen LogP contribution in [0.3, 0.4) is 0 Å². The lowest BCUT2D eigenvalue weighted by Gasteiger charge is -2.20. The predicted octanol–water partition coefficient (Wildman–Crippen LogP) is 3.53. The van der Waals surface area contributed by atoms with E-state index in [-0.39, 0.29) is 0 Å². The minimum Gasteiger partial charge on any atom is -0.389 e. The van der Waals surface area contributed by atoms with Crippen molar-refractivity contribution in [1.29, 1.82) is 0 Å². The van der Waals surface area contributed by atoms with Crippen LogP contribution < -0.4 is 4.90 Å². The summed E-state index contributed by atoms with van der Waals surface area (Å²) in [5.74, 6) is 0.856. The van der Waals surface area contributed by atoms with Crippen molar-refractivity contribution >= 4 is 21.7 Å². The van der Waals surface area contributed by atoms with Crippen LogP contribution in [0.1, 0.15) is 24.2 Å². The van der Waals surface area contributed by atoms with Gasteiger partial charge in [-0.1, -0.05) is 34.1 Å². The molecule has 0 radical (unpaired) electrons. The third-order valence-electron chi connectivity index (χ3n) is 3.01. The molecule has 1 aromatic heterocycles. The molecule has 1 atom stereocenters. The van der Waals surface area contributed by atoms with Crippen LogP contribution in [-0.2, 0) is 6.54 Å². The van der Waals surface area contributed by atoms with E-state index in [2.05, 4.69) is 31.9 Å². The first-order valence-corrected chi connectivity index (χ1v) is 6.96. The van der Waals surface area contributed by atoms with Crippen molar-refractivity contribution in [3.05, 3.63) is 58.2 Å². The SMILES string of the molecule is C[C@@H](O)c1ccnc(N(C)Cc2ccccc2Br)c1. The molecular weight excluding hydrogens is 304 g/mol. The van der Waals surface area contributed by atoms with Crippen LogP contribution in [0.25, 0.3) is 0 Å². The number of halogens is 1. The Labute approximate surface area is 122 Å². The second kappa shape index (κ2) is 6.17. The zero-order valence-electron chi connectivity index (χ0n) is 11.0. The Balaban J connectivity index is 2.18. The summed E-state index contributed by atoms with van der Waals surface area (Å²) in [6, 6.07) is 11.9. The number of pyridine rings is 1. The average Bonchev–Trinajstić information content (AvgIpc) is 2.41. The lowest BCUT2D eigenvalue weighted by molar-refractivity contribution is 0.199. The lowest BCUT2D eigenvalue weighted by atomic mass is 10.1. The highest BCUT2D eigenvalue weighted by molar-refractivity contribution is 9.10. The molecule has 2 aromatic rings. The molecule has 0 aliphatic carbocycles. The number of rotatable bonds is 4. The van der Waals surface area contributed by atoms with Gasteiger partial charge in [-0.3, -0.25) is 0 Å². The fourth-order valence-electron chi connectivity index (χ4n) is 1.87. The van der Waals surface area contributed by atoms with Crippen LogP contribution in [0.5, 0.6) is 0 Å². The van der Waals surface area contributed by atoms with Crippen molar-refractivity contribution in [2.75, 3.05) is 11.9 Å². The molecule has 3 nitrogen and oxygen atoms in total. The standard InChI is InChI=1S/C15H17BrN2O/c1-11(19)12-7-8-17-15(9-12)18(2)10-13-5-3-4-6-14(13)16/h3-9,11,19H,10H2,1-2H3/t11-/m1/s1. The van der Waals surface area contributed by atoms with E-state index < -0.39 is 6.10 Å². The van der Waals surface area contributed by atoms with Crippen molar-refractivity contribution in [1.82, 2.24) is 4.98 Å². The number of benzene rings is 1. The summed E-state index contributed by atoms with van der Waals surface area (Å²) in [4.78, 5) is 6.41. The van der Waals surface area contributed by atoms with E-state index in [9.17, 15) is 5.11 Å². The van der Waals surface area contributed by atoms with Crippen LogP contribution in [0.2, 0.25) is 0 Å². The lowest BCUT2D eigenvalue weighted by Crippen LogP contribution is -2.18. The van der Waals surface area contributed by atoms with E-state index >= 15 is 0 Å². The normalized spacial score (nSPS) is 12.2. The molecule has 0 bridgehead atoms. The second-order valence-corrected chi connectivity index (χ2v) is 5.43. The van der Waals surface area contributed by atoms with Gasteiger partial charge in [-0.15, -0.1) is 0 Å². The molecule has 0 saturated heterocycles. The maximum atomic E-state index is 9.61. The van der Waals surface area contributed by atoms with Gasteiger partial charge in [0.2, 0.25) is 0 Å². The first-order valence-electron chi connectivity index (χ1n) is 6.16. The number of aromatic nitrogens is 1. The summed E-state index contributed by atoms with van der Waals surface area (Å²) in [6.45, 7) is 2.52. The summed E-state index contributed by atoms with van der Waals surface area (Å²) in [7, 11) is 1.99. The van der Waals surface area contributed by atoms with Gasteiger partial charge >= 0.3 is 0 Å². The summed E-state index contributed by atoms with van der Waals surface area (Å²) in [5, 5.41) is 9.61. The van der Waals surface area contributed by atoms with Gasteiger partial charge < -0.3 is 10.0 Å². The van der Waals surface area contributed by atoms with Gasteiger partial charge in [0, 0.05) is 24.3 Å². The molecule has 0 fully saturated rings. The molecule has 0 aliphatic rings. The molecule has 1 N–H and O–H groups in total. The monoisotopic (exact) mass is 320 g/mol. The Morgan fingerprint density at radius 2 is 2.05 bits per heavy atom. The largest absolute Gasteiger partial charge is 0.389 e. The Morgan fingerprint density at radius 1 is 1.32 bits per heavy atom. The van der Waals surface area contributed by atoms with Gasteiger partial charge in [0.1, 0.15) is 5.82 Å². The number of anilines is 1. The van der Waals surface area contributed by atoms with Crippen LogP contribution in [-0.4, -0.2) is 17.1 Å². The van der Waals surface area contributed by atoms with E-state index in [0.29, 0.717) is 0 Å². The van der Waals surface area contributed by atoms with Gasteiger partial charge in [-0.25, -0.2) is 4.98 Å². The Hall–Kier alpha value is -1.39. The summed E-state index contributed by atoms with van der Waals surface area (Å²) in [5.41, 5.74) is 2.08. The average molecular weight is 321 g/mol. The molecule has 0 spiro atoms. The fourth-order valence-corrected chi connectivity index (χ4v) is 2.28. The number of aliphatic hydroxyl groups is 1. The minimum atomic E-state index is -0.474. The Morgan fingerprint density at radius 3 is 2.74 bits per heavy atom. The molecule has 0 aliphatic heterocycles. The topological polar surface area (TPSA) is 36.4 Å². The molecule has 100 valence electrons. The molecule has 19 heavy (non-hydrogen) atoms. The predicted molar refractivity (Wildman–Crippen MR) is 81.1 cm³/mol. The van der Waals surface area contributed by atoms with Crippen LogP contribution in [0, 0.1) is 0 Å². The summed E-state index contributed by atoms with van der Waals surface area (Å²) >= 11 is 3.55. The number of nitrogens with zero attached hydrogens (tertiary/aromatic N) is 2. The highest BCUT2D eigenvalue weighted by Crippen LogP contribution is 2.21. The molecule has 4 heteroatoms. The van der Waals surface area contributed by atoms with Gasteiger partial charge in [0.15, 0.2) is 0 Å². The summed E-state index contributed by atoms with van der Waals surface area (Å²) < 4.78 is 1.09. The van der Waals surface area contributed by atoms with Crippen molar-refractivity contribution < 1.29 is 5.11 Å². The Bertz CT molecular complexity index is 557. The van der Waals surface area contributed by atoms with E-state index in [4.69, 9.17) is 0 Å². The molecule has 1 aromatic carbocycles. The molecule has 0 saturated carbocycles. The summed E-state index contributed by atoms with van der Waals surface area (Å²) in [6.07, 6.45) is 1.26. The van der Waals surface area contributed by atoms with Gasteiger partial charge in [-0.2, -0.15) is 0 Å². The Kier molecular flexibility index (Phi) is 4.56. The van der Waals surface area contributed by atoms with Crippen LogP contribution >= 0.6 is 15.9 Å². The van der Waals surface area contributed by atoms with E-state index in [1.165, 1.54) is 5.56 Å². The third-order valence-corrected chi connectivity index (χ3v) is 3.78. The van der Waals surface area contributed by atoms with E-state index in [1.807, 2.05) is 37.4 Å². The molecule has 0 amide bonds.